The van der Waals surface area contributed by atoms with E-state index in [1.807, 2.05) is 18.2 Å². The molecular weight excluding hydrogens is 234 g/mol. The molecule has 2 nitrogen and oxygen atoms in total. The smallest absolute Gasteiger partial charge is 0.148 e. The largest absolute Gasteiger partial charge is 0.481 e. The summed E-state index contributed by atoms with van der Waals surface area (Å²) in [7, 11) is 0. The van der Waals surface area contributed by atoms with Gasteiger partial charge < -0.3 is 10.1 Å². The molecule has 0 aromatic heterocycles. The Bertz CT molecular complexity index is 398. The number of ether oxygens (including phenoxy) is 1. The van der Waals surface area contributed by atoms with E-state index >= 15 is 0 Å². The van der Waals surface area contributed by atoms with Crippen LogP contribution in [0.25, 0.3) is 0 Å². The molecule has 0 aliphatic heterocycles. The van der Waals surface area contributed by atoms with Crippen molar-refractivity contribution in [2.45, 2.75) is 26.3 Å². The average Bonchev–Trinajstić information content (AvgIpc) is 2.34. The fraction of sp³-hybridized carbons (Fsp3) is 0.429. The second kappa shape index (κ2) is 7.21. The molecule has 0 saturated heterocycles. The van der Waals surface area contributed by atoms with Crippen molar-refractivity contribution in [3.63, 3.8) is 0 Å². The van der Waals surface area contributed by atoms with Gasteiger partial charge in [0.15, 0.2) is 0 Å². The van der Waals surface area contributed by atoms with Gasteiger partial charge in [-0.25, -0.2) is 0 Å². The highest BCUT2D eigenvalue weighted by atomic mass is 35.5. The normalized spacial score (nSPS) is 11.9. The maximum Gasteiger partial charge on any atom is 0.148 e. The lowest BCUT2D eigenvalue weighted by atomic mass is 10.1. The van der Waals surface area contributed by atoms with Crippen LogP contribution in [0.3, 0.4) is 0 Å². The van der Waals surface area contributed by atoms with Crippen molar-refractivity contribution in [1.82, 2.24) is 5.32 Å². The predicted molar refractivity (Wildman–Crippen MR) is 72.5 cm³/mol. The molecule has 0 spiro atoms. The molecule has 1 aromatic rings. The van der Waals surface area contributed by atoms with Gasteiger partial charge in [0.2, 0.25) is 0 Å². The third kappa shape index (κ3) is 4.30. The molecule has 1 N–H and O–H groups in total. The Hall–Kier alpha value is -1.17. The lowest BCUT2D eigenvalue weighted by molar-refractivity contribution is 0.361. The van der Waals surface area contributed by atoms with Gasteiger partial charge in [0.25, 0.3) is 0 Å². The van der Waals surface area contributed by atoms with E-state index in [4.69, 9.17) is 22.8 Å². The zero-order valence-corrected chi connectivity index (χ0v) is 11.1. The highest BCUT2D eigenvalue weighted by Gasteiger charge is 2.11. The van der Waals surface area contributed by atoms with Gasteiger partial charge in [-0.15, -0.1) is 6.42 Å². The monoisotopic (exact) mass is 251 g/mol. The number of nitrogens with one attached hydrogen (secondary N) is 1. The molecule has 92 valence electrons. The standard InChI is InChI=1S/C14H18ClNO/c1-4-8-16-11(3)13-10-12(15)6-7-14(13)17-9-5-2/h2,6-7,10-11,16H,4,8-9H2,1,3H3. The predicted octanol–water partition coefficient (Wildman–Crippen LogP) is 3.41. The minimum Gasteiger partial charge on any atom is -0.481 e. The van der Waals surface area contributed by atoms with E-state index in [0.29, 0.717) is 5.02 Å². The minimum absolute atomic E-state index is 0.196. The average molecular weight is 252 g/mol. The van der Waals surface area contributed by atoms with Crippen molar-refractivity contribution < 1.29 is 4.74 Å². The van der Waals surface area contributed by atoms with Crippen molar-refractivity contribution >= 4 is 11.6 Å². The minimum atomic E-state index is 0.196. The van der Waals surface area contributed by atoms with Crippen LogP contribution < -0.4 is 10.1 Å². The van der Waals surface area contributed by atoms with E-state index < -0.39 is 0 Å². The molecule has 17 heavy (non-hydrogen) atoms. The lowest BCUT2D eigenvalue weighted by Gasteiger charge is -2.17. The Balaban J connectivity index is 2.86. The van der Waals surface area contributed by atoms with Gasteiger partial charge in [0, 0.05) is 16.6 Å². The Morgan fingerprint density at radius 1 is 1.53 bits per heavy atom. The molecule has 3 heteroatoms. The van der Waals surface area contributed by atoms with E-state index in [2.05, 4.69) is 25.1 Å². The van der Waals surface area contributed by atoms with E-state index in [1.165, 1.54) is 0 Å². The van der Waals surface area contributed by atoms with Gasteiger partial charge in [-0.3, -0.25) is 0 Å². The Kier molecular flexibility index (Phi) is 5.90. The molecule has 1 rings (SSSR count). The molecule has 0 aliphatic rings. The van der Waals surface area contributed by atoms with Crippen LogP contribution in [-0.4, -0.2) is 13.2 Å². The van der Waals surface area contributed by atoms with Crippen molar-refractivity contribution in [1.29, 1.82) is 0 Å². The van der Waals surface area contributed by atoms with E-state index in [9.17, 15) is 0 Å². The summed E-state index contributed by atoms with van der Waals surface area (Å²) in [5.41, 5.74) is 1.04. The summed E-state index contributed by atoms with van der Waals surface area (Å²) in [5, 5.41) is 4.11. The summed E-state index contributed by atoms with van der Waals surface area (Å²) in [4.78, 5) is 0. The first-order valence-electron chi connectivity index (χ1n) is 5.78. The second-order valence-electron chi connectivity index (χ2n) is 3.85. The zero-order chi connectivity index (χ0) is 12.7. The molecule has 0 saturated carbocycles. The highest BCUT2D eigenvalue weighted by Crippen LogP contribution is 2.28. The van der Waals surface area contributed by atoms with Crippen molar-refractivity contribution in [3.05, 3.63) is 28.8 Å². The van der Waals surface area contributed by atoms with Crippen LogP contribution in [-0.2, 0) is 0 Å². The van der Waals surface area contributed by atoms with Crippen LogP contribution in [0.15, 0.2) is 18.2 Å². The van der Waals surface area contributed by atoms with E-state index in [0.717, 1.165) is 24.3 Å². The molecule has 0 heterocycles. The van der Waals surface area contributed by atoms with Crippen LogP contribution >= 0.6 is 11.6 Å². The number of rotatable bonds is 6. The van der Waals surface area contributed by atoms with Gasteiger partial charge in [-0.2, -0.15) is 0 Å². The molecule has 1 atom stereocenters. The molecule has 0 bridgehead atoms. The molecular formula is C14H18ClNO. The maximum atomic E-state index is 6.01. The fourth-order valence-corrected chi connectivity index (χ4v) is 1.76. The van der Waals surface area contributed by atoms with Gasteiger partial charge >= 0.3 is 0 Å². The SMILES string of the molecule is C#CCOc1ccc(Cl)cc1C(C)NCCC. The Morgan fingerprint density at radius 3 is 2.94 bits per heavy atom. The first-order valence-corrected chi connectivity index (χ1v) is 6.16. The van der Waals surface area contributed by atoms with Crippen molar-refractivity contribution in [2.24, 2.45) is 0 Å². The summed E-state index contributed by atoms with van der Waals surface area (Å²) < 4.78 is 5.51. The van der Waals surface area contributed by atoms with Crippen molar-refractivity contribution in [3.8, 4) is 18.1 Å². The summed E-state index contributed by atoms with van der Waals surface area (Å²) in [5.74, 6) is 3.26. The van der Waals surface area contributed by atoms with Crippen LogP contribution in [0.1, 0.15) is 31.9 Å². The van der Waals surface area contributed by atoms with Crippen molar-refractivity contribution in [2.75, 3.05) is 13.2 Å². The highest BCUT2D eigenvalue weighted by molar-refractivity contribution is 6.30. The number of halogens is 1. The lowest BCUT2D eigenvalue weighted by Crippen LogP contribution is -2.20. The van der Waals surface area contributed by atoms with Crippen LogP contribution in [0.2, 0.25) is 5.02 Å². The fourth-order valence-electron chi connectivity index (χ4n) is 1.58. The molecule has 0 aliphatic carbocycles. The van der Waals surface area contributed by atoms with E-state index in [1.54, 1.807) is 0 Å². The summed E-state index contributed by atoms with van der Waals surface area (Å²) in [6, 6.07) is 5.78. The first kappa shape index (κ1) is 13.9. The maximum absolute atomic E-state index is 6.01. The summed E-state index contributed by atoms with van der Waals surface area (Å²) >= 11 is 6.01. The van der Waals surface area contributed by atoms with Gasteiger partial charge in [-0.1, -0.05) is 24.4 Å². The number of terminal acetylenes is 1. The molecule has 0 radical (unpaired) electrons. The summed E-state index contributed by atoms with van der Waals surface area (Å²) in [6.45, 7) is 5.45. The molecule has 1 unspecified atom stereocenters. The Labute approximate surface area is 108 Å². The number of hydrogen-bond donors (Lipinski definition) is 1. The van der Waals surface area contributed by atoms with Gasteiger partial charge in [0.1, 0.15) is 12.4 Å². The van der Waals surface area contributed by atoms with Gasteiger partial charge in [0.05, 0.1) is 0 Å². The first-order chi connectivity index (χ1) is 8.19. The molecule has 0 amide bonds. The topological polar surface area (TPSA) is 21.3 Å². The quantitative estimate of drug-likeness (QED) is 0.783. The Morgan fingerprint density at radius 2 is 2.29 bits per heavy atom. The zero-order valence-electron chi connectivity index (χ0n) is 10.3. The molecule has 1 aromatic carbocycles. The number of hydrogen-bond acceptors (Lipinski definition) is 2. The second-order valence-corrected chi connectivity index (χ2v) is 4.29. The summed E-state index contributed by atoms with van der Waals surface area (Å²) in [6.07, 6.45) is 6.28. The van der Waals surface area contributed by atoms with Crippen LogP contribution in [0, 0.1) is 12.3 Å². The van der Waals surface area contributed by atoms with Crippen LogP contribution in [0.4, 0.5) is 0 Å². The van der Waals surface area contributed by atoms with E-state index in [-0.39, 0.29) is 12.6 Å². The third-order valence-electron chi connectivity index (χ3n) is 2.45. The van der Waals surface area contributed by atoms with Crippen LogP contribution in [0.5, 0.6) is 5.75 Å². The number of benzene rings is 1. The molecule has 0 fully saturated rings. The van der Waals surface area contributed by atoms with Gasteiger partial charge in [-0.05, 0) is 38.1 Å². The third-order valence-corrected chi connectivity index (χ3v) is 2.68.